The predicted molar refractivity (Wildman–Crippen MR) is 125 cm³/mol. The molecule has 1 saturated heterocycles. The van der Waals surface area contributed by atoms with Gasteiger partial charge in [-0.1, -0.05) is 0 Å². The minimum Gasteiger partial charge on any atom is -0.357 e. The summed E-state index contributed by atoms with van der Waals surface area (Å²) in [5, 5.41) is 6.54. The second-order valence-electron chi connectivity index (χ2n) is 6.86. The van der Waals surface area contributed by atoms with Crippen LogP contribution < -0.4 is 10.6 Å². The van der Waals surface area contributed by atoms with Crippen molar-refractivity contribution in [3.05, 3.63) is 0 Å². The third kappa shape index (κ3) is 11.7. The summed E-state index contributed by atoms with van der Waals surface area (Å²) in [6.07, 6.45) is 2.83. The third-order valence-corrected chi connectivity index (χ3v) is 4.81. The molecule has 0 saturated carbocycles. The Morgan fingerprint density at radius 2 is 1.81 bits per heavy atom. The van der Waals surface area contributed by atoms with Gasteiger partial charge in [-0.2, -0.15) is 0 Å². The molecule has 0 aliphatic carbocycles. The Labute approximate surface area is 183 Å². The molecule has 0 unspecified atom stereocenters. The molecule has 1 amide bonds. The van der Waals surface area contributed by atoms with Gasteiger partial charge in [0.25, 0.3) is 0 Å². The van der Waals surface area contributed by atoms with Gasteiger partial charge in [-0.05, 0) is 60.3 Å². The van der Waals surface area contributed by atoms with Gasteiger partial charge >= 0.3 is 0 Å². The Hall–Kier alpha value is -0.610. The van der Waals surface area contributed by atoms with Crippen molar-refractivity contribution < 1.29 is 4.79 Å². The normalized spacial score (nSPS) is 16.4. The van der Waals surface area contributed by atoms with Crippen molar-refractivity contribution in [1.29, 1.82) is 0 Å². The van der Waals surface area contributed by atoms with Crippen LogP contribution in [0.25, 0.3) is 0 Å². The monoisotopic (exact) mass is 496 g/mol. The molecule has 0 atom stereocenters. The van der Waals surface area contributed by atoms with Crippen LogP contribution in [-0.2, 0) is 4.79 Å². The summed E-state index contributed by atoms with van der Waals surface area (Å²) < 4.78 is 0. The quantitative estimate of drug-likeness (QED) is 0.208. The summed E-state index contributed by atoms with van der Waals surface area (Å²) in [5.41, 5.74) is 0. The maximum absolute atomic E-state index is 12.0. The van der Waals surface area contributed by atoms with Crippen LogP contribution in [0.5, 0.6) is 0 Å². The summed E-state index contributed by atoms with van der Waals surface area (Å²) in [6.45, 7) is 15.7. The summed E-state index contributed by atoms with van der Waals surface area (Å²) in [6, 6.07) is 0. The Morgan fingerprint density at radius 1 is 1.07 bits per heavy atom. The van der Waals surface area contributed by atoms with E-state index in [0.717, 1.165) is 58.2 Å². The van der Waals surface area contributed by atoms with Crippen LogP contribution >= 0.6 is 24.0 Å². The van der Waals surface area contributed by atoms with Crippen LogP contribution in [0.1, 0.15) is 40.0 Å². The van der Waals surface area contributed by atoms with Crippen molar-refractivity contribution in [2.75, 3.05) is 72.5 Å². The lowest BCUT2D eigenvalue weighted by Crippen LogP contribution is -2.40. The van der Waals surface area contributed by atoms with Gasteiger partial charge in [0.15, 0.2) is 5.96 Å². The summed E-state index contributed by atoms with van der Waals surface area (Å²) in [4.78, 5) is 23.5. The van der Waals surface area contributed by atoms with E-state index >= 15 is 0 Å². The second-order valence-corrected chi connectivity index (χ2v) is 6.86. The molecule has 1 aliphatic heterocycles. The molecule has 0 spiro atoms. The molecule has 0 bridgehead atoms. The fourth-order valence-electron chi connectivity index (χ4n) is 3.17. The minimum atomic E-state index is 0. The number of likely N-dealkylation sites (N-methyl/N-ethyl adjacent to an activating group) is 1. The lowest BCUT2D eigenvalue weighted by molar-refractivity contribution is -0.130. The van der Waals surface area contributed by atoms with E-state index in [-0.39, 0.29) is 29.9 Å². The largest absolute Gasteiger partial charge is 0.357 e. The number of amides is 1. The van der Waals surface area contributed by atoms with Gasteiger partial charge < -0.3 is 25.3 Å². The highest BCUT2D eigenvalue weighted by Gasteiger charge is 2.11. The van der Waals surface area contributed by atoms with Crippen molar-refractivity contribution in [2.45, 2.75) is 40.0 Å². The van der Waals surface area contributed by atoms with E-state index in [9.17, 15) is 4.79 Å². The maximum Gasteiger partial charge on any atom is 0.224 e. The van der Waals surface area contributed by atoms with E-state index in [4.69, 9.17) is 0 Å². The van der Waals surface area contributed by atoms with Crippen LogP contribution in [0.2, 0.25) is 0 Å². The standard InChI is InChI=1S/C19H40N6O.HI/c1-5-20-19(22-12-10-18(26)25(6-2)7-3)21-11-8-14-24-15-9-13-23(4)16-17-24;/h5-17H2,1-4H3,(H2,20,21,22);1H. The number of halogens is 1. The average Bonchev–Trinajstić information content (AvgIpc) is 2.84. The van der Waals surface area contributed by atoms with Crippen LogP contribution in [0.15, 0.2) is 4.99 Å². The maximum atomic E-state index is 12.0. The number of carbonyl (C=O) groups excluding carboxylic acids is 1. The van der Waals surface area contributed by atoms with Gasteiger partial charge in [-0.3, -0.25) is 9.79 Å². The summed E-state index contributed by atoms with van der Waals surface area (Å²) >= 11 is 0. The lowest BCUT2D eigenvalue weighted by Gasteiger charge is -2.20. The molecule has 1 rings (SSSR count). The third-order valence-electron chi connectivity index (χ3n) is 4.81. The van der Waals surface area contributed by atoms with Crippen molar-refractivity contribution >= 4 is 35.8 Å². The Kier molecular flexibility index (Phi) is 16.0. The van der Waals surface area contributed by atoms with Crippen molar-refractivity contribution in [2.24, 2.45) is 4.99 Å². The van der Waals surface area contributed by atoms with E-state index in [2.05, 4.69) is 39.4 Å². The number of aliphatic imine (C=N–C) groups is 1. The first-order valence-electron chi connectivity index (χ1n) is 10.3. The van der Waals surface area contributed by atoms with Gasteiger partial charge in [-0.15, -0.1) is 24.0 Å². The van der Waals surface area contributed by atoms with Crippen LogP contribution in [-0.4, -0.2) is 99.1 Å². The first kappa shape index (κ1) is 26.4. The van der Waals surface area contributed by atoms with Gasteiger partial charge in [0.05, 0.1) is 0 Å². The van der Waals surface area contributed by atoms with Gasteiger partial charge in [0.1, 0.15) is 0 Å². The smallest absolute Gasteiger partial charge is 0.224 e. The van der Waals surface area contributed by atoms with Gasteiger partial charge in [0, 0.05) is 52.2 Å². The van der Waals surface area contributed by atoms with E-state index < -0.39 is 0 Å². The van der Waals surface area contributed by atoms with Crippen molar-refractivity contribution in [3.8, 4) is 0 Å². The van der Waals surface area contributed by atoms with Gasteiger partial charge in [-0.25, -0.2) is 0 Å². The molecule has 27 heavy (non-hydrogen) atoms. The number of nitrogens with zero attached hydrogens (tertiary/aromatic N) is 4. The minimum absolute atomic E-state index is 0. The number of nitrogens with one attached hydrogen (secondary N) is 2. The highest BCUT2D eigenvalue weighted by atomic mass is 127. The zero-order chi connectivity index (χ0) is 19.2. The molecule has 1 heterocycles. The molecule has 1 aliphatic rings. The Bertz CT molecular complexity index is 417. The van der Waals surface area contributed by atoms with Crippen LogP contribution in [0.3, 0.4) is 0 Å². The van der Waals surface area contributed by atoms with E-state index in [1.165, 1.54) is 19.5 Å². The highest BCUT2D eigenvalue weighted by molar-refractivity contribution is 14.0. The zero-order valence-corrected chi connectivity index (χ0v) is 20.1. The topological polar surface area (TPSA) is 63.2 Å². The number of rotatable bonds is 10. The molecule has 8 heteroatoms. The average molecular weight is 496 g/mol. The molecule has 1 fully saturated rings. The van der Waals surface area contributed by atoms with Crippen LogP contribution in [0.4, 0.5) is 0 Å². The molecule has 160 valence electrons. The number of hydrogen-bond acceptors (Lipinski definition) is 4. The number of carbonyl (C=O) groups is 1. The number of guanidine groups is 1. The molecule has 7 nitrogen and oxygen atoms in total. The lowest BCUT2D eigenvalue weighted by atomic mass is 10.3. The predicted octanol–water partition coefficient (Wildman–Crippen LogP) is 1.45. The van der Waals surface area contributed by atoms with E-state index in [0.29, 0.717) is 13.0 Å². The molecule has 2 N–H and O–H groups in total. The molecular formula is C19H41IN6O. The van der Waals surface area contributed by atoms with E-state index in [1.807, 2.05) is 18.7 Å². The van der Waals surface area contributed by atoms with Crippen molar-refractivity contribution in [1.82, 2.24) is 25.3 Å². The summed E-state index contributed by atoms with van der Waals surface area (Å²) in [7, 11) is 2.20. The zero-order valence-electron chi connectivity index (χ0n) is 17.8. The van der Waals surface area contributed by atoms with Crippen molar-refractivity contribution in [3.63, 3.8) is 0 Å². The first-order valence-corrected chi connectivity index (χ1v) is 10.3. The Balaban J connectivity index is 0.00000676. The fourth-order valence-corrected chi connectivity index (χ4v) is 3.17. The van der Waals surface area contributed by atoms with E-state index in [1.54, 1.807) is 0 Å². The second kappa shape index (κ2) is 16.4. The highest BCUT2D eigenvalue weighted by Crippen LogP contribution is 2.01. The molecule has 0 radical (unpaired) electrons. The fraction of sp³-hybridized carbons (Fsp3) is 0.895. The SMILES string of the molecule is CCNC(=NCCCN1CCCN(C)CC1)NCCC(=O)N(CC)CC.I. The Morgan fingerprint density at radius 3 is 2.48 bits per heavy atom. The van der Waals surface area contributed by atoms with Crippen LogP contribution in [0, 0.1) is 0 Å². The molecule has 0 aromatic rings. The van der Waals surface area contributed by atoms with Gasteiger partial charge in [0.2, 0.25) is 5.91 Å². The molecule has 0 aromatic heterocycles. The molecular weight excluding hydrogens is 455 g/mol. The number of hydrogen-bond donors (Lipinski definition) is 2. The molecule has 0 aromatic carbocycles. The first-order chi connectivity index (χ1) is 12.6. The summed E-state index contributed by atoms with van der Waals surface area (Å²) in [5.74, 6) is 1.01.